The highest BCUT2D eigenvalue weighted by Crippen LogP contribution is 2.26. The van der Waals surface area contributed by atoms with Gasteiger partial charge in [-0.3, -0.25) is 4.98 Å². The van der Waals surface area contributed by atoms with Gasteiger partial charge in [0.25, 0.3) is 0 Å². The Hall–Kier alpha value is -6.03. The number of aliphatic imine (C=N–C) groups is 1. The number of aryl methyl sites for hydroxylation is 1. The molecule has 0 unspecified atom stereocenters. The number of rotatable bonds is 12. The molecule has 1 saturated carbocycles. The topological polar surface area (TPSA) is 168 Å². The number of isocyanates is 1. The van der Waals surface area contributed by atoms with Crippen molar-refractivity contribution in [1.29, 1.82) is 0 Å². The predicted molar refractivity (Wildman–Crippen MR) is 193 cm³/mol. The summed E-state index contributed by atoms with van der Waals surface area (Å²) in [6, 6.07) is 19.7. The SMILES string of the molecule is Cc1cccc(CO[C@H]2CCC[C@@H](OCCN(Cc3cccnc3)C(=O)Nc3ccc(F)cc3)C2)c1C(=O)O.O=C(O)C(F)(F)F.O=C=Nc1ccc(F)cc1. The lowest BCUT2D eigenvalue weighted by Gasteiger charge is -2.30. The van der Waals surface area contributed by atoms with Crippen LogP contribution in [0.2, 0.25) is 0 Å². The van der Waals surface area contributed by atoms with Crippen molar-refractivity contribution in [2.24, 2.45) is 4.99 Å². The largest absolute Gasteiger partial charge is 0.490 e. The number of carbonyl (C=O) groups is 3. The summed E-state index contributed by atoms with van der Waals surface area (Å²) >= 11 is 0. The third-order valence-electron chi connectivity index (χ3n) is 8.06. The Morgan fingerprint density at radius 2 is 1.55 bits per heavy atom. The highest BCUT2D eigenvalue weighted by atomic mass is 19.4. The first-order valence-electron chi connectivity index (χ1n) is 17.0. The number of amides is 2. The summed E-state index contributed by atoms with van der Waals surface area (Å²) in [5.41, 5.74) is 3.49. The van der Waals surface area contributed by atoms with Gasteiger partial charge in [0.15, 0.2) is 0 Å². The average Bonchev–Trinajstić information content (AvgIpc) is 3.16. The van der Waals surface area contributed by atoms with Crippen molar-refractivity contribution in [1.82, 2.24) is 9.88 Å². The average molecular weight is 787 g/mol. The van der Waals surface area contributed by atoms with E-state index in [4.69, 9.17) is 19.4 Å². The Morgan fingerprint density at radius 3 is 2.12 bits per heavy atom. The molecule has 1 aromatic heterocycles. The van der Waals surface area contributed by atoms with E-state index in [1.165, 1.54) is 54.6 Å². The lowest BCUT2D eigenvalue weighted by atomic mass is 9.94. The maximum atomic E-state index is 13.3. The lowest BCUT2D eigenvalue weighted by molar-refractivity contribution is -0.192. The number of hydrogen-bond acceptors (Lipinski definition) is 8. The molecule has 3 aromatic carbocycles. The molecule has 1 fully saturated rings. The van der Waals surface area contributed by atoms with Gasteiger partial charge in [-0.25, -0.2) is 28.0 Å². The van der Waals surface area contributed by atoms with Gasteiger partial charge >= 0.3 is 24.1 Å². The number of urea groups is 1. The number of aliphatic carboxylic acids is 1. The fourth-order valence-corrected chi connectivity index (χ4v) is 5.37. The second-order valence-electron chi connectivity index (χ2n) is 12.2. The van der Waals surface area contributed by atoms with E-state index < -0.39 is 18.1 Å². The van der Waals surface area contributed by atoms with Crippen molar-refractivity contribution in [3.63, 3.8) is 0 Å². The second-order valence-corrected chi connectivity index (χ2v) is 12.2. The number of aromatic carboxylic acids is 1. The molecule has 5 rings (SSSR count). The van der Waals surface area contributed by atoms with Crippen LogP contribution in [0, 0.1) is 18.6 Å². The van der Waals surface area contributed by atoms with Crippen molar-refractivity contribution in [2.75, 3.05) is 18.5 Å². The molecular formula is C39H39F5N4O8. The van der Waals surface area contributed by atoms with E-state index in [2.05, 4.69) is 15.3 Å². The van der Waals surface area contributed by atoms with Crippen LogP contribution in [0.4, 0.5) is 38.1 Å². The van der Waals surface area contributed by atoms with Gasteiger partial charge in [-0.05, 0) is 104 Å². The van der Waals surface area contributed by atoms with Gasteiger partial charge in [-0.1, -0.05) is 24.3 Å². The van der Waals surface area contributed by atoms with Crippen LogP contribution >= 0.6 is 0 Å². The second kappa shape index (κ2) is 22.4. The van der Waals surface area contributed by atoms with Crippen molar-refractivity contribution >= 4 is 35.4 Å². The Kier molecular flexibility index (Phi) is 17.7. The van der Waals surface area contributed by atoms with Crippen LogP contribution in [0.15, 0.2) is 96.2 Å². The smallest absolute Gasteiger partial charge is 0.478 e. The number of aromatic nitrogens is 1. The Morgan fingerprint density at radius 1 is 0.929 bits per heavy atom. The molecule has 0 spiro atoms. The van der Waals surface area contributed by atoms with E-state index in [1.807, 2.05) is 18.2 Å². The fourth-order valence-electron chi connectivity index (χ4n) is 5.37. The third-order valence-corrected chi connectivity index (χ3v) is 8.06. The number of anilines is 1. The summed E-state index contributed by atoms with van der Waals surface area (Å²) in [4.78, 5) is 52.3. The van der Waals surface area contributed by atoms with Crippen molar-refractivity contribution in [3.05, 3.63) is 125 Å². The first-order chi connectivity index (χ1) is 26.7. The van der Waals surface area contributed by atoms with Gasteiger partial charge < -0.3 is 29.9 Å². The zero-order chi connectivity index (χ0) is 41.1. The molecule has 1 heterocycles. The van der Waals surface area contributed by atoms with Crippen LogP contribution in [0.3, 0.4) is 0 Å². The van der Waals surface area contributed by atoms with E-state index >= 15 is 0 Å². The summed E-state index contributed by atoms with van der Waals surface area (Å²) in [7, 11) is 0. The molecular weight excluding hydrogens is 747 g/mol. The van der Waals surface area contributed by atoms with Crippen LogP contribution < -0.4 is 5.32 Å². The number of carboxylic acid groups (broad SMARTS) is 2. The van der Waals surface area contributed by atoms with E-state index in [0.717, 1.165) is 24.8 Å². The number of hydrogen-bond donors (Lipinski definition) is 3. The van der Waals surface area contributed by atoms with E-state index in [-0.39, 0.29) is 36.5 Å². The zero-order valence-electron chi connectivity index (χ0n) is 30.0. The molecule has 1 aliphatic rings. The first-order valence-corrected chi connectivity index (χ1v) is 17.0. The first kappa shape index (κ1) is 44.4. The fraction of sp³-hybridized carbons (Fsp3) is 0.308. The molecule has 4 aromatic rings. The number of carboxylic acids is 2. The molecule has 2 atom stereocenters. The maximum absolute atomic E-state index is 13.3. The standard InChI is InChI=1S/C30H34FN3O5.C7H4FNO.C2HF3O2/c1-21-5-2-7-23(28(21)29(35)36)20-39-27-9-3-8-26(17-27)38-16-15-34(19-22-6-4-14-32-18-22)30(37)33-25-12-10-24(31)11-13-25;8-6-1-3-7(4-2-6)9-5-10;3-2(4,5)1(6)7/h2,4-7,10-14,18,26-27H,3,8-9,15-17,19-20H2,1H3,(H,33,37)(H,35,36);1-4H;(H,6,7)/t26-,27+;;/m1../s1. The van der Waals surface area contributed by atoms with Crippen molar-refractivity contribution in [2.45, 2.75) is 64.1 Å². The molecule has 0 saturated heterocycles. The number of alkyl halides is 3. The monoisotopic (exact) mass is 786 g/mol. The summed E-state index contributed by atoms with van der Waals surface area (Å²) in [5, 5.41) is 19.5. The molecule has 2 amide bonds. The van der Waals surface area contributed by atoms with Crippen molar-refractivity contribution < 1.29 is 60.8 Å². The normalized spacial score (nSPS) is 14.8. The Labute approximate surface area is 318 Å². The van der Waals surface area contributed by atoms with Crippen LogP contribution in [0.1, 0.15) is 52.7 Å². The van der Waals surface area contributed by atoms with Crippen LogP contribution in [-0.4, -0.2) is 75.7 Å². The number of carbonyl (C=O) groups excluding carboxylic acids is 2. The molecule has 0 bridgehead atoms. The van der Waals surface area contributed by atoms with Gasteiger partial charge in [-0.15, -0.1) is 0 Å². The van der Waals surface area contributed by atoms with Gasteiger partial charge in [-0.2, -0.15) is 18.2 Å². The molecule has 12 nitrogen and oxygen atoms in total. The highest BCUT2D eigenvalue weighted by molar-refractivity contribution is 5.91. The molecule has 1 aliphatic carbocycles. The number of benzene rings is 3. The number of halogens is 5. The number of pyridine rings is 1. The summed E-state index contributed by atoms with van der Waals surface area (Å²) in [6.07, 6.45) is 3.06. The van der Waals surface area contributed by atoms with Gasteiger partial charge in [0, 0.05) is 31.2 Å². The Bertz CT molecular complexity index is 1910. The Balaban J connectivity index is 0.000000408. The molecule has 0 aliphatic heterocycles. The van der Waals surface area contributed by atoms with Crippen LogP contribution in [0.25, 0.3) is 0 Å². The molecule has 17 heteroatoms. The van der Waals surface area contributed by atoms with Crippen LogP contribution in [0.5, 0.6) is 0 Å². The lowest BCUT2D eigenvalue weighted by Crippen LogP contribution is -2.38. The summed E-state index contributed by atoms with van der Waals surface area (Å²) in [6.45, 7) is 3.08. The van der Waals surface area contributed by atoms with Crippen molar-refractivity contribution in [3.8, 4) is 0 Å². The number of nitrogens with zero attached hydrogens (tertiary/aromatic N) is 3. The quantitative estimate of drug-likeness (QED) is 0.0728. The van der Waals surface area contributed by atoms with Gasteiger partial charge in [0.1, 0.15) is 11.6 Å². The van der Waals surface area contributed by atoms with E-state index in [1.54, 1.807) is 36.4 Å². The molecule has 56 heavy (non-hydrogen) atoms. The number of nitrogens with one attached hydrogen (secondary N) is 1. The van der Waals surface area contributed by atoms with Gasteiger partial charge in [0.05, 0.1) is 36.7 Å². The third kappa shape index (κ3) is 15.8. The molecule has 3 N–H and O–H groups in total. The minimum Gasteiger partial charge on any atom is -0.478 e. The molecule has 298 valence electrons. The van der Waals surface area contributed by atoms with E-state index in [0.29, 0.717) is 54.2 Å². The minimum absolute atomic E-state index is 0.0133. The number of ether oxygens (including phenoxy) is 2. The minimum atomic E-state index is -5.08. The summed E-state index contributed by atoms with van der Waals surface area (Å²) in [5.74, 6) is -4.42. The highest BCUT2D eigenvalue weighted by Gasteiger charge is 2.38. The zero-order valence-corrected chi connectivity index (χ0v) is 30.0. The van der Waals surface area contributed by atoms with Crippen LogP contribution in [-0.2, 0) is 32.2 Å². The van der Waals surface area contributed by atoms with E-state index in [9.17, 15) is 41.4 Å². The predicted octanol–water partition coefficient (Wildman–Crippen LogP) is 8.23. The summed E-state index contributed by atoms with van der Waals surface area (Å²) < 4.78 is 69.5. The maximum Gasteiger partial charge on any atom is 0.490 e. The van der Waals surface area contributed by atoms with Gasteiger partial charge in [0.2, 0.25) is 6.08 Å². The molecule has 0 radical (unpaired) electrons.